The van der Waals surface area contributed by atoms with Crippen molar-refractivity contribution in [2.45, 2.75) is 44.2 Å². The molecule has 0 radical (unpaired) electrons. The van der Waals surface area contributed by atoms with Crippen molar-refractivity contribution in [1.29, 1.82) is 0 Å². The summed E-state index contributed by atoms with van der Waals surface area (Å²) >= 11 is 0. The van der Waals surface area contributed by atoms with Crippen LogP contribution in [-0.4, -0.2) is 42.1 Å². The van der Waals surface area contributed by atoms with Crippen LogP contribution in [0.1, 0.15) is 47.2 Å². The van der Waals surface area contributed by atoms with Crippen molar-refractivity contribution in [3.63, 3.8) is 0 Å². The lowest BCUT2D eigenvalue weighted by molar-refractivity contribution is 0.0925. The van der Waals surface area contributed by atoms with Crippen molar-refractivity contribution >= 4 is 17.7 Å². The van der Waals surface area contributed by atoms with Crippen LogP contribution >= 0.6 is 0 Å². The van der Waals surface area contributed by atoms with Crippen LogP contribution in [0.25, 0.3) is 0 Å². The van der Waals surface area contributed by atoms with E-state index in [2.05, 4.69) is 32.7 Å². The second kappa shape index (κ2) is 10.3. The molecule has 0 unspecified atom stereocenters. The van der Waals surface area contributed by atoms with E-state index in [0.29, 0.717) is 12.0 Å². The predicted molar refractivity (Wildman–Crippen MR) is 129 cm³/mol. The first-order valence-electron chi connectivity index (χ1n) is 11.3. The van der Waals surface area contributed by atoms with Gasteiger partial charge in [-0.3, -0.25) is 4.79 Å². The minimum atomic E-state index is 0.0231. The average Bonchev–Trinajstić information content (AvgIpc) is 2.81. The molecular formula is C26H31N5O. The molecule has 2 N–H and O–H groups in total. The highest BCUT2D eigenvalue weighted by Gasteiger charge is 2.24. The average molecular weight is 430 g/mol. The molecule has 0 atom stereocenters. The molecule has 1 aromatic heterocycles. The van der Waals surface area contributed by atoms with Crippen LogP contribution in [0.2, 0.25) is 0 Å². The van der Waals surface area contributed by atoms with Crippen molar-refractivity contribution in [2.24, 2.45) is 0 Å². The summed E-state index contributed by atoms with van der Waals surface area (Å²) in [5, 5.41) is 6.72. The van der Waals surface area contributed by atoms with Crippen LogP contribution in [-0.2, 0) is 6.42 Å². The monoisotopic (exact) mass is 429 g/mol. The number of aromatic nitrogens is 2. The fraction of sp³-hybridized carbons (Fsp3) is 0.346. The molecule has 3 aromatic rings. The number of carbonyl (C=O) groups excluding carboxylic acids is 1. The topological polar surface area (TPSA) is 70.2 Å². The van der Waals surface area contributed by atoms with E-state index in [1.807, 2.05) is 67.5 Å². The van der Waals surface area contributed by atoms with Crippen molar-refractivity contribution in [2.75, 3.05) is 24.3 Å². The molecule has 1 fully saturated rings. The highest BCUT2D eigenvalue weighted by atomic mass is 16.1. The maximum absolute atomic E-state index is 13.0. The first kappa shape index (κ1) is 21.8. The van der Waals surface area contributed by atoms with E-state index >= 15 is 0 Å². The molecular weight excluding hydrogens is 398 g/mol. The lowest BCUT2D eigenvalue weighted by Gasteiger charge is -2.30. The lowest BCUT2D eigenvalue weighted by atomic mass is 9.90. The van der Waals surface area contributed by atoms with Gasteiger partial charge in [0.15, 0.2) is 0 Å². The highest BCUT2D eigenvalue weighted by molar-refractivity contribution is 5.96. The molecule has 0 saturated heterocycles. The number of carbonyl (C=O) groups is 1. The minimum absolute atomic E-state index is 0.0231. The Morgan fingerprint density at radius 1 is 0.938 bits per heavy atom. The van der Waals surface area contributed by atoms with Gasteiger partial charge in [-0.05, 0) is 55.4 Å². The van der Waals surface area contributed by atoms with Gasteiger partial charge in [0.1, 0.15) is 5.82 Å². The smallest absolute Gasteiger partial charge is 0.251 e. The van der Waals surface area contributed by atoms with Crippen LogP contribution in [0.4, 0.5) is 11.8 Å². The van der Waals surface area contributed by atoms with Gasteiger partial charge < -0.3 is 15.5 Å². The first-order valence-corrected chi connectivity index (χ1v) is 11.3. The van der Waals surface area contributed by atoms with Crippen molar-refractivity contribution in [3.8, 4) is 0 Å². The quantitative estimate of drug-likeness (QED) is 0.586. The van der Waals surface area contributed by atoms with E-state index < -0.39 is 0 Å². The van der Waals surface area contributed by atoms with Gasteiger partial charge in [-0.1, -0.05) is 48.5 Å². The van der Waals surface area contributed by atoms with Crippen LogP contribution < -0.4 is 15.5 Å². The Morgan fingerprint density at radius 3 is 2.38 bits per heavy atom. The molecule has 1 aliphatic rings. The van der Waals surface area contributed by atoms with Gasteiger partial charge in [-0.2, -0.15) is 4.98 Å². The molecule has 1 aliphatic carbocycles. The number of anilines is 2. The normalized spacial score (nSPS) is 18.1. The number of rotatable bonds is 7. The van der Waals surface area contributed by atoms with E-state index in [4.69, 9.17) is 0 Å². The van der Waals surface area contributed by atoms with Gasteiger partial charge in [0.2, 0.25) is 5.95 Å². The fourth-order valence-electron chi connectivity index (χ4n) is 4.21. The lowest BCUT2D eigenvalue weighted by Crippen LogP contribution is -2.40. The van der Waals surface area contributed by atoms with E-state index in [-0.39, 0.29) is 11.9 Å². The molecule has 1 amide bonds. The molecule has 0 bridgehead atoms. The Morgan fingerprint density at radius 2 is 1.62 bits per heavy atom. The summed E-state index contributed by atoms with van der Waals surface area (Å²) in [6.07, 6.45) is 6.38. The Labute approximate surface area is 190 Å². The molecule has 1 heterocycles. The molecule has 2 aromatic carbocycles. The molecule has 6 nitrogen and oxygen atoms in total. The third-order valence-electron chi connectivity index (χ3n) is 5.99. The molecule has 0 aliphatic heterocycles. The number of nitrogens with one attached hydrogen (secondary N) is 2. The Hall–Kier alpha value is -3.41. The van der Waals surface area contributed by atoms with E-state index in [1.54, 1.807) is 6.20 Å². The zero-order valence-electron chi connectivity index (χ0n) is 18.8. The third-order valence-corrected chi connectivity index (χ3v) is 5.99. The molecule has 1 saturated carbocycles. The largest absolute Gasteiger partial charge is 0.363 e. The maximum Gasteiger partial charge on any atom is 0.251 e. The SMILES string of the molecule is CN(C)c1ccnc(N[C@H]2CC[C@@H](NC(=O)c3ccccc3Cc3ccccc3)CC2)n1. The summed E-state index contributed by atoms with van der Waals surface area (Å²) in [4.78, 5) is 23.9. The third kappa shape index (κ3) is 5.63. The van der Waals surface area contributed by atoms with Gasteiger partial charge in [-0.15, -0.1) is 0 Å². The van der Waals surface area contributed by atoms with Crippen LogP contribution in [0, 0.1) is 0 Å². The fourth-order valence-corrected chi connectivity index (χ4v) is 4.21. The van der Waals surface area contributed by atoms with E-state index in [0.717, 1.165) is 49.0 Å². The molecule has 166 valence electrons. The zero-order valence-corrected chi connectivity index (χ0v) is 18.8. The predicted octanol–water partition coefficient (Wildman–Crippen LogP) is 4.29. The van der Waals surface area contributed by atoms with Crippen molar-refractivity contribution < 1.29 is 4.79 Å². The van der Waals surface area contributed by atoms with Crippen LogP contribution in [0.15, 0.2) is 66.9 Å². The van der Waals surface area contributed by atoms with E-state index in [9.17, 15) is 4.79 Å². The van der Waals surface area contributed by atoms with Gasteiger partial charge in [0.25, 0.3) is 5.91 Å². The van der Waals surface area contributed by atoms with Crippen LogP contribution in [0.5, 0.6) is 0 Å². The first-order chi connectivity index (χ1) is 15.6. The van der Waals surface area contributed by atoms with Gasteiger partial charge in [-0.25, -0.2) is 4.98 Å². The minimum Gasteiger partial charge on any atom is -0.363 e. The second-order valence-corrected chi connectivity index (χ2v) is 8.62. The van der Waals surface area contributed by atoms with Crippen molar-refractivity contribution in [3.05, 3.63) is 83.6 Å². The van der Waals surface area contributed by atoms with Gasteiger partial charge >= 0.3 is 0 Å². The zero-order chi connectivity index (χ0) is 22.3. The second-order valence-electron chi connectivity index (χ2n) is 8.62. The van der Waals surface area contributed by atoms with Gasteiger partial charge in [0.05, 0.1) is 0 Å². The number of hydrogen-bond donors (Lipinski definition) is 2. The number of amides is 1. The summed E-state index contributed by atoms with van der Waals surface area (Å²) in [5.41, 5.74) is 3.04. The summed E-state index contributed by atoms with van der Waals surface area (Å²) in [6.45, 7) is 0. The Balaban J connectivity index is 1.32. The Kier molecular flexibility index (Phi) is 7.00. The molecule has 4 rings (SSSR count). The number of hydrogen-bond acceptors (Lipinski definition) is 5. The maximum atomic E-state index is 13.0. The highest BCUT2D eigenvalue weighted by Crippen LogP contribution is 2.23. The summed E-state index contributed by atoms with van der Waals surface area (Å²) in [7, 11) is 3.94. The van der Waals surface area contributed by atoms with E-state index in [1.165, 1.54) is 5.56 Å². The Bertz CT molecular complexity index is 1030. The summed E-state index contributed by atoms with van der Waals surface area (Å²) < 4.78 is 0. The van der Waals surface area contributed by atoms with Crippen molar-refractivity contribution in [1.82, 2.24) is 15.3 Å². The molecule has 0 spiro atoms. The number of nitrogens with zero attached hydrogens (tertiary/aromatic N) is 3. The summed E-state index contributed by atoms with van der Waals surface area (Å²) in [6, 6.07) is 20.6. The number of benzene rings is 2. The van der Waals surface area contributed by atoms with Gasteiger partial charge in [0, 0.05) is 37.9 Å². The van der Waals surface area contributed by atoms with Crippen LogP contribution in [0.3, 0.4) is 0 Å². The molecule has 6 heteroatoms. The summed E-state index contributed by atoms with van der Waals surface area (Å²) in [5.74, 6) is 1.58. The molecule has 32 heavy (non-hydrogen) atoms. The standard InChI is InChI=1S/C26H31N5O/c1-31(2)24-16-17-27-26(30-24)29-22-14-12-21(13-15-22)28-25(32)23-11-7-6-10-20(23)18-19-8-4-3-5-9-19/h3-11,16-17,21-22H,12-15,18H2,1-2H3,(H,28,32)(H,27,29,30)/t21-,22+.